The Morgan fingerprint density at radius 2 is 1.97 bits per heavy atom. The lowest BCUT2D eigenvalue weighted by Crippen LogP contribution is -2.38. The van der Waals surface area contributed by atoms with Gasteiger partial charge in [-0.05, 0) is 30.4 Å². The van der Waals surface area contributed by atoms with Crippen LogP contribution >= 0.6 is 0 Å². The molecule has 0 bridgehead atoms. The highest BCUT2D eigenvalue weighted by molar-refractivity contribution is 7.89. The molecule has 13 heteroatoms. The second-order valence-electron chi connectivity index (χ2n) is 7.30. The maximum Gasteiger partial charge on any atom is 0.416 e. The van der Waals surface area contributed by atoms with Gasteiger partial charge in [-0.1, -0.05) is 0 Å². The van der Waals surface area contributed by atoms with E-state index < -0.39 is 27.7 Å². The first kappa shape index (κ1) is 21.3. The normalized spacial score (nSPS) is 16.6. The van der Waals surface area contributed by atoms with Crippen molar-refractivity contribution in [3.8, 4) is 6.07 Å². The molecule has 0 saturated carbocycles. The molecule has 31 heavy (non-hydrogen) atoms. The summed E-state index contributed by atoms with van der Waals surface area (Å²) in [6, 6.07) is 2.89. The van der Waals surface area contributed by atoms with Crippen LogP contribution in [0.5, 0.6) is 0 Å². The van der Waals surface area contributed by atoms with Crippen LogP contribution in [0.4, 0.5) is 13.2 Å². The van der Waals surface area contributed by atoms with Crippen molar-refractivity contribution >= 4 is 15.7 Å². The summed E-state index contributed by atoms with van der Waals surface area (Å²) >= 11 is 0. The third-order valence-corrected chi connectivity index (χ3v) is 7.48. The molecule has 1 aliphatic rings. The number of hydrogen-bond acceptors (Lipinski definition) is 6. The third-order valence-electron chi connectivity index (χ3n) is 5.53. The number of halogens is 3. The van der Waals surface area contributed by atoms with Gasteiger partial charge >= 0.3 is 6.18 Å². The molecule has 3 aromatic heterocycles. The van der Waals surface area contributed by atoms with E-state index in [1.807, 2.05) is 6.07 Å². The van der Waals surface area contributed by atoms with Crippen LogP contribution in [0.15, 0.2) is 29.7 Å². The lowest BCUT2D eigenvalue weighted by atomic mass is 9.88. The predicted octanol–water partition coefficient (Wildman–Crippen LogP) is 2.12. The molecule has 4 heterocycles. The first-order valence-electron chi connectivity index (χ1n) is 9.41. The van der Waals surface area contributed by atoms with Crippen LogP contribution in [0.3, 0.4) is 0 Å². The van der Waals surface area contributed by atoms with Crippen LogP contribution in [-0.2, 0) is 29.7 Å². The lowest BCUT2D eigenvalue weighted by Gasteiger charge is -2.32. The average molecular weight is 453 g/mol. The summed E-state index contributed by atoms with van der Waals surface area (Å²) in [7, 11) is -2.36. The Labute approximate surface area is 175 Å². The van der Waals surface area contributed by atoms with Crippen molar-refractivity contribution in [2.24, 2.45) is 7.05 Å². The summed E-state index contributed by atoms with van der Waals surface area (Å²) in [5.41, 5.74) is -0.328. The quantitative estimate of drug-likeness (QED) is 0.599. The van der Waals surface area contributed by atoms with Crippen molar-refractivity contribution in [1.29, 1.82) is 5.26 Å². The van der Waals surface area contributed by atoms with Crippen LogP contribution in [-0.4, -0.2) is 50.2 Å². The summed E-state index contributed by atoms with van der Waals surface area (Å²) in [6.07, 6.45) is -0.531. The number of pyridine rings is 1. The lowest BCUT2D eigenvalue weighted by molar-refractivity contribution is -0.138. The number of piperidine rings is 1. The Morgan fingerprint density at radius 3 is 2.61 bits per heavy atom. The first-order chi connectivity index (χ1) is 14.6. The minimum Gasteiger partial charge on any atom is -0.270 e. The Bertz CT molecular complexity index is 1270. The molecule has 9 nitrogen and oxygen atoms in total. The van der Waals surface area contributed by atoms with Crippen molar-refractivity contribution in [3.63, 3.8) is 0 Å². The topological polar surface area (TPSA) is 109 Å². The van der Waals surface area contributed by atoms with Gasteiger partial charge in [-0.15, -0.1) is 0 Å². The van der Waals surface area contributed by atoms with E-state index in [1.54, 1.807) is 7.05 Å². The van der Waals surface area contributed by atoms with Crippen LogP contribution < -0.4 is 0 Å². The average Bonchev–Trinajstić information content (AvgIpc) is 3.33. The maximum atomic E-state index is 13.6. The largest absolute Gasteiger partial charge is 0.416 e. The zero-order chi connectivity index (χ0) is 22.4. The molecule has 0 atom stereocenters. The molecule has 0 radical (unpaired) electrons. The van der Waals surface area contributed by atoms with Gasteiger partial charge in [0, 0.05) is 26.3 Å². The zero-order valence-electron chi connectivity index (χ0n) is 16.4. The fourth-order valence-corrected chi connectivity index (χ4v) is 5.58. The Balaban J connectivity index is 1.60. The number of aromatic nitrogens is 5. The Kier molecular flexibility index (Phi) is 5.22. The maximum absolute atomic E-state index is 13.6. The predicted molar refractivity (Wildman–Crippen MR) is 101 cm³/mol. The number of sulfonamides is 1. The zero-order valence-corrected chi connectivity index (χ0v) is 17.2. The standard InChI is InChI=1S/C18H18F3N7O2S/c1-26-15(2-5-22)16(9-24-26)31(29,30)27-6-3-12(4-7-27)13-10-28-17(23-11-25-28)8-14(13)18(19,20)21/h8-12H,2-4,6-7H2,1H3. The minimum absolute atomic E-state index is 0.0463. The van der Waals surface area contributed by atoms with Gasteiger partial charge in [0.25, 0.3) is 0 Å². The van der Waals surface area contributed by atoms with E-state index in [9.17, 15) is 21.6 Å². The second kappa shape index (κ2) is 7.61. The minimum atomic E-state index is -4.56. The van der Waals surface area contributed by atoms with E-state index >= 15 is 0 Å². The van der Waals surface area contributed by atoms with Crippen molar-refractivity contribution in [2.75, 3.05) is 13.1 Å². The molecule has 164 valence electrons. The molecule has 1 aliphatic heterocycles. The van der Waals surface area contributed by atoms with Crippen molar-refractivity contribution in [3.05, 3.63) is 41.6 Å². The smallest absolute Gasteiger partial charge is 0.270 e. The summed E-state index contributed by atoms with van der Waals surface area (Å²) in [4.78, 5) is 3.77. The number of aryl methyl sites for hydroxylation is 1. The number of rotatable bonds is 4. The summed E-state index contributed by atoms with van der Waals surface area (Å²) in [5, 5.41) is 16.8. The molecule has 0 aliphatic carbocycles. The molecular formula is C18H18F3N7O2S. The molecule has 4 rings (SSSR count). The van der Waals surface area contributed by atoms with Gasteiger partial charge in [-0.2, -0.15) is 32.9 Å². The van der Waals surface area contributed by atoms with E-state index in [2.05, 4.69) is 15.2 Å². The van der Waals surface area contributed by atoms with Crippen LogP contribution in [0.1, 0.15) is 35.6 Å². The molecule has 3 aromatic rings. The van der Waals surface area contributed by atoms with Gasteiger partial charge in [0.1, 0.15) is 11.2 Å². The van der Waals surface area contributed by atoms with Gasteiger partial charge in [0.15, 0.2) is 5.65 Å². The summed E-state index contributed by atoms with van der Waals surface area (Å²) in [5.74, 6) is -0.482. The van der Waals surface area contributed by atoms with Crippen LogP contribution in [0.25, 0.3) is 5.65 Å². The first-order valence-corrected chi connectivity index (χ1v) is 10.9. The monoisotopic (exact) mass is 453 g/mol. The van der Waals surface area contributed by atoms with Crippen molar-refractivity contribution in [1.82, 2.24) is 28.7 Å². The number of nitrogens with zero attached hydrogens (tertiary/aromatic N) is 7. The van der Waals surface area contributed by atoms with Crippen LogP contribution in [0.2, 0.25) is 0 Å². The van der Waals surface area contributed by atoms with Gasteiger partial charge in [0.2, 0.25) is 10.0 Å². The molecule has 0 spiro atoms. The van der Waals surface area contributed by atoms with Gasteiger partial charge in [0.05, 0.1) is 29.9 Å². The second-order valence-corrected chi connectivity index (χ2v) is 9.20. The molecule has 1 saturated heterocycles. The van der Waals surface area contributed by atoms with Crippen molar-refractivity contribution < 1.29 is 21.6 Å². The van der Waals surface area contributed by atoms with Gasteiger partial charge < -0.3 is 0 Å². The Morgan fingerprint density at radius 1 is 1.26 bits per heavy atom. The summed E-state index contributed by atoms with van der Waals surface area (Å²) < 4.78 is 70.9. The molecule has 0 aromatic carbocycles. The highest BCUT2D eigenvalue weighted by Gasteiger charge is 2.39. The highest BCUT2D eigenvalue weighted by atomic mass is 32.2. The highest BCUT2D eigenvalue weighted by Crippen LogP contribution is 2.40. The Hall–Kier alpha value is -2.98. The number of fused-ring (bicyclic) bond motifs is 1. The van der Waals surface area contributed by atoms with E-state index in [4.69, 9.17) is 5.26 Å². The molecule has 1 fully saturated rings. The van der Waals surface area contributed by atoms with E-state index in [0.29, 0.717) is 0 Å². The molecule has 0 amide bonds. The van der Waals surface area contributed by atoms with E-state index in [0.717, 1.165) is 6.07 Å². The molecule has 0 unspecified atom stereocenters. The SMILES string of the molecule is Cn1ncc(S(=O)(=O)N2CCC(c3cn4ncnc4cc3C(F)(F)F)CC2)c1CC#N. The molecule has 0 N–H and O–H groups in total. The number of nitriles is 1. The third kappa shape index (κ3) is 3.77. The van der Waals surface area contributed by atoms with E-state index in [-0.39, 0.29) is 54.2 Å². The van der Waals surface area contributed by atoms with Gasteiger partial charge in [-0.25, -0.2) is 17.9 Å². The number of hydrogen-bond donors (Lipinski definition) is 0. The number of alkyl halides is 3. The fraction of sp³-hybridized carbons (Fsp3) is 0.444. The van der Waals surface area contributed by atoms with Gasteiger partial charge in [-0.3, -0.25) is 4.68 Å². The van der Waals surface area contributed by atoms with E-state index in [1.165, 1.54) is 32.2 Å². The van der Waals surface area contributed by atoms with Crippen molar-refractivity contribution in [2.45, 2.75) is 36.3 Å². The fourth-order valence-electron chi connectivity index (χ4n) is 3.93. The summed E-state index contributed by atoms with van der Waals surface area (Å²) in [6.45, 7) is 0.112. The van der Waals surface area contributed by atoms with Crippen LogP contribution in [0, 0.1) is 11.3 Å². The molecular weight excluding hydrogens is 435 g/mol.